The molecule has 4 aliphatic rings. The summed E-state index contributed by atoms with van der Waals surface area (Å²) in [4.78, 5) is 44.7. The van der Waals surface area contributed by atoms with Crippen LogP contribution in [0.5, 0.6) is 0 Å². The van der Waals surface area contributed by atoms with Crippen LogP contribution in [0.2, 0.25) is 0 Å². The minimum atomic E-state index is -1.16. The Morgan fingerprint density at radius 3 is 2.21 bits per heavy atom. The van der Waals surface area contributed by atoms with Crippen molar-refractivity contribution in [1.82, 2.24) is 30.0 Å². The Bertz CT molecular complexity index is 825. The first kappa shape index (κ1) is 23.7. The number of rotatable bonds is 4. The topological polar surface area (TPSA) is 99.7 Å². The van der Waals surface area contributed by atoms with Gasteiger partial charge in [-0.2, -0.15) is 0 Å². The molecule has 10 nitrogen and oxygen atoms in total. The Hall–Kier alpha value is -2.49. The molecule has 0 radical (unpaired) electrons. The van der Waals surface area contributed by atoms with Gasteiger partial charge in [-0.25, -0.2) is 14.8 Å². The van der Waals surface area contributed by atoms with Crippen molar-refractivity contribution in [2.45, 2.75) is 58.4 Å². The Kier molecular flexibility index (Phi) is 6.24. The average molecular weight is 463 g/mol. The number of nitrogens with zero attached hydrogens (tertiary/aromatic N) is 5. The highest BCUT2D eigenvalue weighted by Crippen LogP contribution is 2.45. The molecule has 1 saturated carbocycles. The quantitative estimate of drug-likeness (QED) is 0.654. The average Bonchev–Trinajstić information content (AvgIpc) is 3.28. The van der Waals surface area contributed by atoms with E-state index in [4.69, 9.17) is 0 Å². The number of hydrazine groups is 1. The molecule has 1 aliphatic carbocycles. The van der Waals surface area contributed by atoms with E-state index in [1.165, 1.54) is 0 Å². The molecule has 0 unspecified atom stereocenters. The molecule has 2 N–H and O–H groups in total. The predicted octanol–water partition coefficient (Wildman–Crippen LogP) is 1.52. The Labute approximate surface area is 196 Å². The lowest BCUT2D eigenvalue weighted by Gasteiger charge is -2.52. The smallest absolute Gasteiger partial charge is 0.405 e. The third kappa shape index (κ3) is 4.13. The van der Waals surface area contributed by atoms with E-state index in [0.29, 0.717) is 45.2 Å². The van der Waals surface area contributed by atoms with Crippen molar-refractivity contribution in [3.05, 3.63) is 11.9 Å². The molecule has 3 heterocycles. The third-order valence-electron chi connectivity index (χ3n) is 7.76. The van der Waals surface area contributed by atoms with Crippen LogP contribution in [-0.4, -0.2) is 99.8 Å². The predicted molar refractivity (Wildman–Crippen MR) is 122 cm³/mol. The molecule has 0 aromatic rings. The first-order valence-corrected chi connectivity index (χ1v) is 12.1. The SMILES string of the molecule is CN1C=C2C(=O)N(N3CCN(C(=O)[C@@](NC(=O)O)(C4CCCCC4)C(C)(C)C)CC3)CN2C1. The van der Waals surface area contributed by atoms with Crippen LogP contribution in [0.1, 0.15) is 52.9 Å². The number of carbonyl (C=O) groups is 3. The molecule has 2 saturated heterocycles. The molecule has 10 heteroatoms. The van der Waals surface area contributed by atoms with Crippen LogP contribution < -0.4 is 5.32 Å². The van der Waals surface area contributed by atoms with Gasteiger partial charge in [-0.1, -0.05) is 40.0 Å². The number of fused-ring (bicyclic) bond motifs is 1. The van der Waals surface area contributed by atoms with Crippen LogP contribution in [0.15, 0.2) is 11.9 Å². The van der Waals surface area contributed by atoms with Gasteiger partial charge in [0.25, 0.3) is 5.91 Å². The zero-order valence-electron chi connectivity index (χ0n) is 20.3. The van der Waals surface area contributed by atoms with Gasteiger partial charge in [0.05, 0.1) is 6.67 Å². The van der Waals surface area contributed by atoms with Crippen LogP contribution in [-0.2, 0) is 9.59 Å². The maximum atomic E-state index is 14.1. The summed E-state index contributed by atoms with van der Waals surface area (Å²) in [5, 5.41) is 16.3. The number of carbonyl (C=O) groups excluding carboxylic acids is 2. The number of carboxylic acid groups (broad SMARTS) is 1. The number of hydrogen-bond donors (Lipinski definition) is 2. The van der Waals surface area contributed by atoms with Gasteiger partial charge in [-0.15, -0.1) is 0 Å². The Morgan fingerprint density at radius 1 is 1.03 bits per heavy atom. The molecule has 4 rings (SSSR count). The summed E-state index contributed by atoms with van der Waals surface area (Å²) in [6.45, 7) is 9.15. The van der Waals surface area contributed by atoms with Gasteiger partial charge in [0.15, 0.2) is 0 Å². The molecule has 184 valence electrons. The summed E-state index contributed by atoms with van der Waals surface area (Å²) in [5.74, 6) is -0.149. The maximum Gasteiger partial charge on any atom is 0.405 e. The van der Waals surface area contributed by atoms with Gasteiger partial charge in [0.1, 0.15) is 17.9 Å². The molecule has 3 aliphatic heterocycles. The van der Waals surface area contributed by atoms with E-state index in [1.54, 1.807) is 9.91 Å². The van der Waals surface area contributed by atoms with Gasteiger partial charge in [-0.05, 0) is 24.2 Å². The zero-order valence-corrected chi connectivity index (χ0v) is 20.3. The summed E-state index contributed by atoms with van der Waals surface area (Å²) in [6.07, 6.45) is 5.60. The Morgan fingerprint density at radius 2 is 1.67 bits per heavy atom. The third-order valence-corrected chi connectivity index (χ3v) is 7.76. The number of nitrogens with one attached hydrogen (secondary N) is 1. The summed E-state index contributed by atoms with van der Waals surface area (Å²) in [6, 6.07) is 0. The van der Waals surface area contributed by atoms with Gasteiger partial charge in [0.2, 0.25) is 5.91 Å². The molecule has 3 fully saturated rings. The van der Waals surface area contributed by atoms with Gasteiger partial charge < -0.3 is 25.1 Å². The highest BCUT2D eigenvalue weighted by atomic mass is 16.4. The van der Waals surface area contributed by atoms with Crippen molar-refractivity contribution >= 4 is 17.9 Å². The minimum absolute atomic E-state index is 0.00193. The van der Waals surface area contributed by atoms with Crippen molar-refractivity contribution in [1.29, 1.82) is 0 Å². The number of piperazine rings is 1. The molecule has 0 bridgehead atoms. The van der Waals surface area contributed by atoms with Crippen molar-refractivity contribution < 1.29 is 19.5 Å². The van der Waals surface area contributed by atoms with Gasteiger partial charge >= 0.3 is 6.09 Å². The van der Waals surface area contributed by atoms with Crippen molar-refractivity contribution in [3.8, 4) is 0 Å². The van der Waals surface area contributed by atoms with E-state index in [1.807, 2.05) is 48.8 Å². The van der Waals surface area contributed by atoms with Gasteiger partial charge in [-0.3, -0.25) is 9.59 Å². The van der Waals surface area contributed by atoms with E-state index in [0.717, 1.165) is 32.1 Å². The van der Waals surface area contributed by atoms with E-state index >= 15 is 0 Å². The molecular weight excluding hydrogens is 424 g/mol. The van der Waals surface area contributed by atoms with Crippen LogP contribution in [0.25, 0.3) is 0 Å². The highest BCUT2D eigenvalue weighted by Gasteiger charge is 2.56. The summed E-state index contributed by atoms with van der Waals surface area (Å²) >= 11 is 0. The lowest BCUT2D eigenvalue weighted by atomic mass is 9.61. The van der Waals surface area contributed by atoms with Crippen LogP contribution in [0.4, 0.5) is 4.79 Å². The van der Waals surface area contributed by atoms with Crippen molar-refractivity contribution in [2.75, 3.05) is 46.6 Å². The van der Waals surface area contributed by atoms with Crippen molar-refractivity contribution in [2.24, 2.45) is 11.3 Å². The maximum absolute atomic E-state index is 14.1. The molecule has 33 heavy (non-hydrogen) atoms. The minimum Gasteiger partial charge on any atom is -0.465 e. The lowest BCUT2D eigenvalue weighted by Crippen LogP contribution is -2.71. The Balaban J connectivity index is 1.50. The molecule has 0 aromatic heterocycles. The largest absolute Gasteiger partial charge is 0.465 e. The van der Waals surface area contributed by atoms with Crippen LogP contribution >= 0.6 is 0 Å². The second-order valence-electron chi connectivity index (χ2n) is 10.9. The zero-order chi connectivity index (χ0) is 24.0. The highest BCUT2D eigenvalue weighted by molar-refractivity contribution is 5.95. The monoisotopic (exact) mass is 462 g/mol. The van der Waals surface area contributed by atoms with Gasteiger partial charge in [0, 0.05) is 39.4 Å². The van der Waals surface area contributed by atoms with E-state index in [9.17, 15) is 19.5 Å². The van der Waals surface area contributed by atoms with E-state index in [-0.39, 0.29) is 17.7 Å². The van der Waals surface area contributed by atoms with Crippen LogP contribution in [0, 0.1) is 11.3 Å². The first-order valence-electron chi connectivity index (χ1n) is 12.1. The number of hydrogen-bond acceptors (Lipinski definition) is 6. The fraction of sp³-hybridized carbons (Fsp3) is 0.783. The van der Waals surface area contributed by atoms with E-state index in [2.05, 4.69) is 5.32 Å². The summed E-state index contributed by atoms with van der Waals surface area (Å²) in [7, 11) is 1.95. The molecule has 0 aromatic carbocycles. The molecule has 3 amide bonds. The van der Waals surface area contributed by atoms with Crippen molar-refractivity contribution in [3.63, 3.8) is 0 Å². The normalized spacial score (nSPS) is 24.6. The summed E-state index contributed by atoms with van der Waals surface area (Å²) in [5.41, 5.74) is -1.02. The van der Waals surface area contributed by atoms with Crippen LogP contribution in [0.3, 0.4) is 0 Å². The number of amides is 3. The first-order chi connectivity index (χ1) is 15.5. The second kappa shape index (κ2) is 8.70. The molecular formula is C23H38N6O4. The second-order valence-corrected chi connectivity index (χ2v) is 10.9. The fourth-order valence-corrected chi connectivity index (χ4v) is 6.11. The van der Waals surface area contributed by atoms with E-state index < -0.39 is 17.0 Å². The fourth-order valence-electron chi connectivity index (χ4n) is 6.11. The molecule has 0 spiro atoms. The summed E-state index contributed by atoms with van der Waals surface area (Å²) < 4.78 is 0. The standard InChI is InChI=1S/C23H38N6O4/c1-22(2,3)23(24-21(32)33,17-8-6-5-7-9-17)20(31)26-10-12-28(13-11-26)29-16-27-15-25(4)14-18(27)19(29)30/h14,17,24H,5-13,15-16H2,1-4H3,(H,32,33)/t23-/m0/s1. The molecule has 1 atom stereocenters. The lowest BCUT2D eigenvalue weighted by molar-refractivity contribution is -0.156.